The van der Waals surface area contributed by atoms with Crippen LogP contribution in [0.25, 0.3) is 17.1 Å². The van der Waals surface area contributed by atoms with Crippen molar-refractivity contribution in [2.45, 2.75) is 5.16 Å². The van der Waals surface area contributed by atoms with Crippen LogP contribution in [-0.2, 0) is 4.79 Å². The Balaban J connectivity index is 1.58. The van der Waals surface area contributed by atoms with Gasteiger partial charge in [0.15, 0.2) is 11.0 Å². The van der Waals surface area contributed by atoms with Crippen LogP contribution in [0.4, 0.5) is 11.4 Å². The first-order valence-corrected chi connectivity index (χ1v) is 11.3. The minimum absolute atomic E-state index is 0.0344. The van der Waals surface area contributed by atoms with Gasteiger partial charge in [-0.25, -0.2) is 0 Å². The summed E-state index contributed by atoms with van der Waals surface area (Å²) in [6.07, 6.45) is 0. The van der Waals surface area contributed by atoms with Crippen LogP contribution in [0.5, 0.6) is 5.75 Å². The lowest BCUT2D eigenvalue weighted by Gasteiger charge is -2.11. The second-order valence-electron chi connectivity index (χ2n) is 6.96. The number of hydrogen-bond donors (Lipinski definition) is 1. The third-order valence-corrected chi connectivity index (χ3v) is 5.92. The molecule has 0 aliphatic heterocycles. The van der Waals surface area contributed by atoms with Gasteiger partial charge in [-0.2, -0.15) is 0 Å². The van der Waals surface area contributed by atoms with Gasteiger partial charge in [0.25, 0.3) is 5.69 Å². The number of nitro groups is 1. The van der Waals surface area contributed by atoms with Gasteiger partial charge in [0.1, 0.15) is 11.4 Å². The maximum atomic E-state index is 12.6. The zero-order valence-electron chi connectivity index (χ0n) is 17.8. The van der Waals surface area contributed by atoms with Gasteiger partial charge in [0, 0.05) is 22.3 Å². The van der Waals surface area contributed by atoms with Crippen LogP contribution in [0.3, 0.4) is 0 Å². The molecule has 0 saturated heterocycles. The molecule has 0 radical (unpaired) electrons. The molecule has 0 spiro atoms. The van der Waals surface area contributed by atoms with Crippen LogP contribution in [-0.4, -0.2) is 38.5 Å². The van der Waals surface area contributed by atoms with Crippen molar-refractivity contribution >= 4 is 40.6 Å². The van der Waals surface area contributed by atoms with E-state index in [9.17, 15) is 14.9 Å². The molecule has 34 heavy (non-hydrogen) atoms. The molecule has 0 saturated carbocycles. The van der Waals surface area contributed by atoms with Crippen molar-refractivity contribution in [3.05, 3.63) is 87.9 Å². The molecule has 9 nitrogen and oxygen atoms in total. The number of thioether (sulfide) groups is 1. The Bertz CT molecular complexity index is 1330. The van der Waals surface area contributed by atoms with Crippen LogP contribution in [0.2, 0.25) is 5.02 Å². The summed E-state index contributed by atoms with van der Waals surface area (Å²) in [5.74, 6) is 0.860. The van der Waals surface area contributed by atoms with E-state index < -0.39 is 10.8 Å². The topological polar surface area (TPSA) is 112 Å². The van der Waals surface area contributed by atoms with Gasteiger partial charge in [0.05, 0.1) is 17.8 Å². The van der Waals surface area contributed by atoms with Gasteiger partial charge in [0.2, 0.25) is 5.91 Å². The predicted octanol–water partition coefficient (Wildman–Crippen LogP) is 5.24. The van der Waals surface area contributed by atoms with Crippen molar-refractivity contribution in [3.8, 4) is 22.8 Å². The highest BCUT2D eigenvalue weighted by Crippen LogP contribution is 2.30. The summed E-state index contributed by atoms with van der Waals surface area (Å²) in [5.41, 5.74) is 1.45. The molecule has 1 amide bonds. The molecule has 0 fully saturated rings. The predicted molar refractivity (Wildman–Crippen MR) is 131 cm³/mol. The van der Waals surface area contributed by atoms with Crippen LogP contribution in [0.1, 0.15) is 0 Å². The van der Waals surface area contributed by atoms with Crippen LogP contribution in [0.15, 0.2) is 78.0 Å². The van der Waals surface area contributed by atoms with E-state index in [1.807, 2.05) is 59.2 Å². The van der Waals surface area contributed by atoms with Gasteiger partial charge < -0.3 is 10.1 Å². The summed E-state index contributed by atoms with van der Waals surface area (Å²) < 4.78 is 7.08. The van der Waals surface area contributed by atoms with Gasteiger partial charge in [-0.3, -0.25) is 19.5 Å². The van der Waals surface area contributed by atoms with Crippen molar-refractivity contribution < 1.29 is 14.5 Å². The molecule has 1 heterocycles. The highest BCUT2D eigenvalue weighted by atomic mass is 35.5. The first-order chi connectivity index (χ1) is 16.5. The number of nitrogens with one attached hydrogen (secondary N) is 1. The molecule has 0 bridgehead atoms. The molecule has 11 heteroatoms. The second-order valence-corrected chi connectivity index (χ2v) is 8.34. The van der Waals surface area contributed by atoms with Gasteiger partial charge in [-0.15, -0.1) is 10.2 Å². The fourth-order valence-electron chi connectivity index (χ4n) is 3.18. The van der Waals surface area contributed by atoms with Gasteiger partial charge in [-0.05, 0) is 48.5 Å². The monoisotopic (exact) mass is 495 g/mol. The number of para-hydroxylation sites is 1. The number of hydrogen-bond acceptors (Lipinski definition) is 7. The molecule has 4 rings (SSSR count). The first kappa shape index (κ1) is 23.3. The Morgan fingerprint density at radius 3 is 2.53 bits per heavy atom. The van der Waals surface area contributed by atoms with E-state index >= 15 is 0 Å². The van der Waals surface area contributed by atoms with E-state index in [-0.39, 0.29) is 22.2 Å². The normalized spacial score (nSPS) is 10.6. The highest BCUT2D eigenvalue weighted by molar-refractivity contribution is 7.99. The number of carbonyl (C=O) groups excluding carboxylic acids is 1. The summed E-state index contributed by atoms with van der Waals surface area (Å²) in [5, 5.41) is 23.2. The van der Waals surface area contributed by atoms with Crippen molar-refractivity contribution in [2.75, 3.05) is 18.2 Å². The number of benzene rings is 3. The molecule has 0 aliphatic carbocycles. The highest BCUT2D eigenvalue weighted by Gasteiger charge is 2.20. The number of amides is 1. The van der Waals surface area contributed by atoms with E-state index in [1.54, 1.807) is 7.11 Å². The van der Waals surface area contributed by atoms with Crippen LogP contribution >= 0.6 is 23.4 Å². The number of nitrogens with zero attached hydrogens (tertiary/aromatic N) is 4. The van der Waals surface area contributed by atoms with Crippen molar-refractivity contribution in [1.82, 2.24) is 14.8 Å². The van der Waals surface area contributed by atoms with Crippen molar-refractivity contribution in [3.63, 3.8) is 0 Å². The molecule has 4 aromatic rings. The summed E-state index contributed by atoms with van der Waals surface area (Å²) in [6, 6.07) is 21.0. The van der Waals surface area contributed by atoms with E-state index in [1.165, 1.54) is 30.0 Å². The van der Waals surface area contributed by atoms with E-state index in [0.717, 1.165) is 17.0 Å². The zero-order valence-corrected chi connectivity index (χ0v) is 19.4. The number of methoxy groups -OCH3 is 1. The van der Waals surface area contributed by atoms with Crippen molar-refractivity contribution in [1.29, 1.82) is 0 Å². The Morgan fingerprint density at radius 1 is 1.12 bits per heavy atom. The first-order valence-electron chi connectivity index (χ1n) is 9.98. The SMILES string of the molecule is COc1ccc(-c2nnc(SCC(=O)Nc3ccc(Cl)cc3[N+](=O)[O-])n2-c2ccccc2)cc1. The lowest BCUT2D eigenvalue weighted by atomic mass is 10.2. The Morgan fingerprint density at radius 2 is 1.85 bits per heavy atom. The van der Waals surface area contributed by atoms with Gasteiger partial charge >= 0.3 is 0 Å². The third-order valence-electron chi connectivity index (χ3n) is 4.76. The maximum Gasteiger partial charge on any atom is 0.294 e. The standard InChI is InChI=1S/C23H18ClN5O4S/c1-33-18-10-7-15(8-11-18)22-26-27-23(28(22)17-5-3-2-4-6-17)34-14-21(30)25-19-12-9-16(24)13-20(19)29(31)32/h2-13H,14H2,1H3,(H,25,30). The fraction of sp³-hybridized carbons (Fsp3) is 0.0870. The minimum atomic E-state index is -0.595. The lowest BCUT2D eigenvalue weighted by molar-refractivity contribution is -0.383. The smallest absolute Gasteiger partial charge is 0.294 e. The molecule has 0 aliphatic rings. The number of aromatic nitrogens is 3. The maximum absolute atomic E-state index is 12.6. The Hall–Kier alpha value is -3.89. The molecule has 172 valence electrons. The largest absolute Gasteiger partial charge is 0.497 e. The molecular formula is C23H18ClN5O4S. The summed E-state index contributed by atoms with van der Waals surface area (Å²) in [7, 11) is 1.60. The minimum Gasteiger partial charge on any atom is -0.497 e. The van der Waals surface area contributed by atoms with Crippen molar-refractivity contribution in [2.24, 2.45) is 0 Å². The quantitative estimate of drug-likeness (QED) is 0.202. The fourth-order valence-corrected chi connectivity index (χ4v) is 4.10. The van der Waals surface area contributed by atoms with Gasteiger partial charge in [-0.1, -0.05) is 41.6 Å². The molecule has 0 atom stereocenters. The summed E-state index contributed by atoms with van der Waals surface area (Å²) in [4.78, 5) is 23.3. The third kappa shape index (κ3) is 5.19. The van der Waals surface area contributed by atoms with Crippen LogP contribution < -0.4 is 10.1 Å². The Labute approximate surface area is 203 Å². The molecular weight excluding hydrogens is 478 g/mol. The number of anilines is 1. The number of rotatable bonds is 8. The lowest BCUT2D eigenvalue weighted by Crippen LogP contribution is -2.15. The number of carbonyl (C=O) groups is 1. The number of ether oxygens (including phenoxy) is 1. The van der Waals surface area contributed by atoms with Crippen LogP contribution in [0, 0.1) is 10.1 Å². The second kappa shape index (κ2) is 10.4. The zero-order chi connectivity index (χ0) is 24.1. The summed E-state index contributed by atoms with van der Waals surface area (Å²) >= 11 is 7.00. The molecule has 3 aromatic carbocycles. The van der Waals surface area contributed by atoms with E-state index in [0.29, 0.717) is 11.0 Å². The van der Waals surface area contributed by atoms with E-state index in [4.69, 9.17) is 16.3 Å². The number of halogens is 1. The van der Waals surface area contributed by atoms with E-state index in [2.05, 4.69) is 15.5 Å². The molecule has 1 N–H and O–H groups in total. The number of nitro benzene ring substituents is 1. The average molecular weight is 496 g/mol. The Kier molecular flexibility index (Phi) is 7.09. The molecule has 0 unspecified atom stereocenters. The molecule has 1 aromatic heterocycles. The summed E-state index contributed by atoms with van der Waals surface area (Å²) in [6.45, 7) is 0. The average Bonchev–Trinajstić information content (AvgIpc) is 3.28.